The molecule has 3 heterocycles. The Hall–Kier alpha value is -3.96. The topological polar surface area (TPSA) is 142 Å². The van der Waals surface area contributed by atoms with Gasteiger partial charge in [-0.2, -0.15) is 0 Å². The molecule has 2 aliphatic rings. The van der Waals surface area contributed by atoms with Crippen molar-refractivity contribution in [3.05, 3.63) is 63.5 Å². The second-order valence-corrected chi connectivity index (χ2v) is 9.32. The van der Waals surface area contributed by atoms with Crippen molar-refractivity contribution < 1.29 is 43.4 Å². The molecule has 2 fully saturated rings. The maximum Gasteiger partial charge on any atom is 0.354 e. The number of nitrogens with one attached hydrogen (secondary N) is 2. The molecule has 2 aromatic rings. The van der Waals surface area contributed by atoms with Crippen LogP contribution in [0.25, 0.3) is 5.76 Å². The quantitative estimate of drug-likeness (QED) is 0.210. The number of carbonyl (C=O) groups is 4. The third-order valence-corrected chi connectivity index (χ3v) is 7.14. The molecule has 202 valence electrons. The molecule has 1 aromatic heterocycles. The van der Waals surface area contributed by atoms with Crippen LogP contribution in [0, 0.1) is 13.8 Å². The van der Waals surface area contributed by atoms with Crippen molar-refractivity contribution in [3.63, 3.8) is 0 Å². The smallest absolute Gasteiger partial charge is 0.354 e. The zero-order chi connectivity index (χ0) is 27.6. The number of morpholine rings is 1. The van der Waals surface area contributed by atoms with Gasteiger partial charge in [0.1, 0.15) is 18.8 Å². The van der Waals surface area contributed by atoms with Gasteiger partial charge in [-0.1, -0.05) is 17.9 Å². The first-order valence-corrected chi connectivity index (χ1v) is 12.3. The van der Waals surface area contributed by atoms with Crippen molar-refractivity contribution >= 4 is 29.4 Å². The van der Waals surface area contributed by atoms with Gasteiger partial charge < -0.3 is 34.1 Å². The number of hydrogen-bond donors (Lipinski definition) is 2. The van der Waals surface area contributed by atoms with E-state index in [0.717, 1.165) is 13.1 Å². The largest absolute Gasteiger partial charge is 0.872 e. The van der Waals surface area contributed by atoms with E-state index in [0.29, 0.717) is 42.1 Å². The Kier molecular flexibility index (Phi) is 7.98. The summed E-state index contributed by atoms with van der Waals surface area (Å²) in [6.45, 7) is 6.83. The summed E-state index contributed by atoms with van der Waals surface area (Å²) in [6, 6.07) is 5.33. The molecule has 11 nitrogen and oxygen atoms in total. The van der Waals surface area contributed by atoms with Gasteiger partial charge in [-0.05, 0) is 42.7 Å². The highest BCUT2D eigenvalue weighted by atomic mass is 16.5. The molecule has 0 saturated carbocycles. The first-order valence-electron chi connectivity index (χ1n) is 12.3. The van der Waals surface area contributed by atoms with Gasteiger partial charge in [0.05, 0.1) is 52.1 Å². The zero-order valence-corrected chi connectivity index (χ0v) is 21.8. The molecular formula is C27H31N3O8. The van der Waals surface area contributed by atoms with Crippen molar-refractivity contribution in [1.29, 1.82) is 0 Å². The van der Waals surface area contributed by atoms with Gasteiger partial charge in [0, 0.05) is 11.3 Å². The Morgan fingerprint density at radius 2 is 1.71 bits per heavy atom. The lowest BCUT2D eigenvalue weighted by Crippen LogP contribution is -3.14. The number of methoxy groups -OCH3 is 2. The van der Waals surface area contributed by atoms with Crippen molar-refractivity contribution in [1.82, 2.24) is 9.88 Å². The minimum absolute atomic E-state index is 0.109. The standard InChI is InChI=1S/C27H31N3O8/c1-15-19(16(2)28-21(15)27(35)37-4)23(31)20-22(17-5-7-18(8-6-17)26(34)36-3)30(25(33)24(20)32)10-9-29-11-13-38-14-12-29/h5-8,22,28,31H,9-14H2,1-4H3/b23-20+. The molecule has 1 aromatic carbocycles. The van der Waals surface area contributed by atoms with Gasteiger partial charge in [-0.25, -0.2) is 9.59 Å². The number of aryl methyl sites for hydroxylation is 1. The predicted molar refractivity (Wildman–Crippen MR) is 132 cm³/mol. The molecule has 1 atom stereocenters. The van der Waals surface area contributed by atoms with Crippen LogP contribution in [0.3, 0.4) is 0 Å². The van der Waals surface area contributed by atoms with Crippen LogP contribution in [0.5, 0.6) is 0 Å². The van der Waals surface area contributed by atoms with Crippen LogP contribution in [-0.4, -0.2) is 87.1 Å². The lowest BCUT2D eigenvalue weighted by molar-refractivity contribution is -0.907. The number of rotatable bonds is 7. The third-order valence-electron chi connectivity index (χ3n) is 7.14. The molecule has 38 heavy (non-hydrogen) atoms. The fourth-order valence-electron chi connectivity index (χ4n) is 5.09. The number of nitrogens with zero attached hydrogens (tertiary/aromatic N) is 1. The van der Waals surface area contributed by atoms with E-state index >= 15 is 0 Å². The minimum atomic E-state index is -0.954. The number of Topliss-reactive ketones (excluding diaryl/α,β-unsaturated/α-hetero) is 1. The number of likely N-dealkylation sites (tertiary alicyclic amines) is 1. The van der Waals surface area contributed by atoms with Gasteiger partial charge in [0.25, 0.3) is 5.91 Å². The molecular weight excluding hydrogens is 494 g/mol. The Morgan fingerprint density at radius 3 is 2.32 bits per heavy atom. The second kappa shape index (κ2) is 11.2. The molecule has 11 heteroatoms. The fourth-order valence-corrected chi connectivity index (χ4v) is 5.09. The third kappa shape index (κ3) is 4.94. The Bertz CT molecular complexity index is 1290. The van der Waals surface area contributed by atoms with Crippen LogP contribution in [0.15, 0.2) is 29.8 Å². The molecule has 0 spiro atoms. The number of aromatic nitrogens is 1. The van der Waals surface area contributed by atoms with E-state index in [9.17, 15) is 24.3 Å². The van der Waals surface area contributed by atoms with Gasteiger partial charge in [-0.15, -0.1) is 0 Å². The van der Waals surface area contributed by atoms with Crippen LogP contribution in [-0.2, 0) is 23.8 Å². The highest BCUT2D eigenvalue weighted by molar-refractivity contribution is 6.46. The Balaban J connectivity index is 1.80. The van der Waals surface area contributed by atoms with E-state index in [1.165, 1.54) is 36.2 Å². The van der Waals surface area contributed by atoms with E-state index < -0.39 is 35.4 Å². The highest BCUT2D eigenvalue weighted by Gasteiger charge is 2.45. The van der Waals surface area contributed by atoms with Crippen molar-refractivity contribution in [2.24, 2.45) is 0 Å². The van der Waals surface area contributed by atoms with Crippen LogP contribution in [0.2, 0.25) is 0 Å². The normalized spacial score (nSPS) is 19.6. The van der Waals surface area contributed by atoms with E-state index in [1.54, 1.807) is 26.0 Å². The molecule has 0 bridgehead atoms. The summed E-state index contributed by atoms with van der Waals surface area (Å²) in [5, 5.41) is 13.9. The molecule has 1 unspecified atom stereocenters. The summed E-state index contributed by atoms with van der Waals surface area (Å²) in [6.07, 6.45) is 0. The van der Waals surface area contributed by atoms with E-state index in [4.69, 9.17) is 14.2 Å². The SMILES string of the molecule is COC(=O)c1ccc(C2/C(=C(\[O-])c3c(C)[nH]c(C(=O)OC)c3C)C(=O)C(=O)N2CC[NH+]2CCOCC2)cc1. The number of ether oxygens (including phenoxy) is 3. The summed E-state index contributed by atoms with van der Waals surface area (Å²) in [4.78, 5) is 56.3. The summed E-state index contributed by atoms with van der Waals surface area (Å²) < 4.78 is 15.0. The number of carbonyl (C=O) groups excluding carboxylic acids is 4. The average molecular weight is 526 g/mol. The van der Waals surface area contributed by atoms with E-state index in [-0.39, 0.29) is 23.4 Å². The molecule has 0 radical (unpaired) electrons. The van der Waals surface area contributed by atoms with Crippen molar-refractivity contribution in [2.75, 3.05) is 53.6 Å². The summed E-state index contributed by atoms with van der Waals surface area (Å²) >= 11 is 0. The van der Waals surface area contributed by atoms with Crippen LogP contribution < -0.4 is 10.0 Å². The van der Waals surface area contributed by atoms with Crippen LogP contribution >= 0.6 is 0 Å². The fraction of sp³-hybridized carbons (Fsp3) is 0.407. The molecule has 1 amide bonds. The number of benzene rings is 1. The number of aromatic amines is 1. The lowest BCUT2D eigenvalue weighted by Gasteiger charge is -2.30. The number of quaternary nitrogens is 1. The number of H-pyrrole nitrogens is 1. The summed E-state index contributed by atoms with van der Waals surface area (Å²) in [7, 11) is 2.50. The van der Waals surface area contributed by atoms with Gasteiger partial charge in [0.2, 0.25) is 5.78 Å². The molecule has 4 rings (SSSR count). The lowest BCUT2D eigenvalue weighted by atomic mass is 9.93. The average Bonchev–Trinajstić information content (AvgIpc) is 3.38. The van der Waals surface area contributed by atoms with Gasteiger partial charge >= 0.3 is 11.9 Å². The molecule has 2 aliphatic heterocycles. The van der Waals surface area contributed by atoms with Gasteiger partial charge in [-0.3, -0.25) is 9.59 Å². The predicted octanol–water partition coefficient (Wildman–Crippen LogP) is -0.656. The summed E-state index contributed by atoms with van der Waals surface area (Å²) in [5.41, 5.74) is 1.59. The molecule has 2 N–H and O–H groups in total. The molecule has 0 aliphatic carbocycles. The van der Waals surface area contributed by atoms with Crippen molar-refractivity contribution in [2.45, 2.75) is 19.9 Å². The highest BCUT2D eigenvalue weighted by Crippen LogP contribution is 2.39. The molecule has 2 saturated heterocycles. The van der Waals surface area contributed by atoms with E-state index in [2.05, 4.69) is 4.98 Å². The Labute approximate surface area is 220 Å². The van der Waals surface area contributed by atoms with Crippen LogP contribution in [0.4, 0.5) is 0 Å². The minimum Gasteiger partial charge on any atom is -0.872 e. The van der Waals surface area contributed by atoms with Gasteiger partial charge in [0.15, 0.2) is 0 Å². The van der Waals surface area contributed by atoms with Crippen LogP contribution in [0.1, 0.15) is 49.3 Å². The Morgan fingerprint density at radius 1 is 1.08 bits per heavy atom. The maximum atomic E-state index is 13.9. The number of hydrogen-bond acceptors (Lipinski definition) is 8. The second-order valence-electron chi connectivity index (χ2n) is 9.32. The number of esters is 2. The number of ketones is 1. The van der Waals surface area contributed by atoms with E-state index in [1.807, 2.05) is 0 Å². The summed E-state index contributed by atoms with van der Waals surface area (Å²) in [5.74, 6) is -3.45. The van der Waals surface area contributed by atoms with Crippen molar-refractivity contribution in [3.8, 4) is 0 Å². The number of amides is 1. The zero-order valence-electron chi connectivity index (χ0n) is 21.8. The monoisotopic (exact) mass is 525 g/mol. The first kappa shape index (κ1) is 27.1. The first-order chi connectivity index (χ1) is 18.2. The maximum absolute atomic E-state index is 13.9.